The largest absolute Gasteiger partial charge is 0.0711 e. The molecule has 0 heteroatoms. The number of hydrogen-bond donors (Lipinski definition) is 0. The fraction of sp³-hybridized carbons (Fsp3) is 0.111. The van der Waals surface area contributed by atoms with Crippen molar-refractivity contribution in [2.24, 2.45) is 0 Å². The van der Waals surface area contributed by atoms with E-state index < -0.39 is 0 Å². The Labute approximate surface area is 109 Å². The van der Waals surface area contributed by atoms with Gasteiger partial charge in [-0.25, -0.2) is 0 Å². The van der Waals surface area contributed by atoms with E-state index in [0.717, 1.165) is 22.3 Å². The van der Waals surface area contributed by atoms with Gasteiger partial charge in [-0.1, -0.05) is 72.1 Å². The van der Waals surface area contributed by atoms with Gasteiger partial charge in [0.25, 0.3) is 0 Å². The lowest BCUT2D eigenvalue weighted by Crippen LogP contribution is -1.85. The lowest BCUT2D eigenvalue weighted by molar-refractivity contribution is 1.41. The molecule has 0 aliphatic carbocycles. The highest BCUT2D eigenvalue weighted by Gasteiger charge is 2.02. The topological polar surface area (TPSA) is 0 Å². The molecule has 0 nitrogen and oxygen atoms in total. The van der Waals surface area contributed by atoms with Gasteiger partial charge in [-0.05, 0) is 30.5 Å². The molecular formula is C18H16. The molecule has 0 amide bonds. The van der Waals surface area contributed by atoms with E-state index in [1.165, 1.54) is 0 Å². The van der Waals surface area contributed by atoms with Crippen LogP contribution >= 0.6 is 0 Å². The minimum Gasteiger partial charge on any atom is -0.0711 e. The van der Waals surface area contributed by atoms with Gasteiger partial charge in [-0.15, -0.1) is 0 Å². The van der Waals surface area contributed by atoms with E-state index in [2.05, 4.69) is 35.7 Å². The Kier molecular flexibility index (Phi) is 3.99. The first-order chi connectivity index (χ1) is 8.77. The van der Waals surface area contributed by atoms with Crippen LogP contribution in [0.4, 0.5) is 0 Å². The summed E-state index contributed by atoms with van der Waals surface area (Å²) in [6, 6.07) is 20.6. The first kappa shape index (κ1) is 12.2. The van der Waals surface area contributed by atoms with E-state index in [1.807, 2.05) is 50.2 Å². The van der Waals surface area contributed by atoms with Gasteiger partial charge in [0.2, 0.25) is 0 Å². The minimum absolute atomic E-state index is 1.08. The molecule has 0 saturated carbocycles. The van der Waals surface area contributed by atoms with Gasteiger partial charge in [0.15, 0.2) is 0 Å². The van der Waals surface area contributed by atoms with E-state index in [4.69, 9.17) is 0 Å². The van der Waals surface area contributed by atoms with E-state index in [0.29, 0.717) is 0 Å². The van der Waals surface area contributed by atoms with Crippen LogP contribution < -0.4 is 0 Å². The predicted molar refractivity (Wildman–Crippen MR) is 77.3 cm³/mol. The van der Waals surface area contributed by atoms with E-state index >= 15 is 0 Å². The molecule has 0 bridgehead atoms. The summed E-state index contributed by atoms with van der Waals surface area (Å²) in [5, 5.41) is 0. The van der Waals surface area contributed by atoms with Crippen molar-refractivity contribution in [3.8, 4) is 0 Å². The zero-order valence-electron chi connectivity index (χ0n) is 10.8. The summed E-state index contributed by atoms with van der Waals surface area (Å²) in [4.78, 5) is 0. The third-order valence-electron chi connectivity index (χ3n) is 2.56. The van der Waals surface area contributed by atoms with E-state index in [1.54, 1.807) is 0 Å². The van der Waals surface area contributed by atoms with E-state index in [9.17, 15) is 0 Å². The van der Waals surface area contributed by atoms with Crippen LogP contribution in [0, 0.1) is 0 Å². The first-order valence-electron chi connectivity index (χ1n) is 6.07. The maximum atomic E-state index is 3.28. The standard InChI is InChI=1S/C18H16/c1-15(2)13-14-18(16-9-5-3-6-10-16)17-11-7-4-8-12-17/h3-12H,1-2H3. The molecule has 0 aliphatic rings. The summed E-state index contributed by atoms with van der Waals surface area (Å²) in [7, 11) is 0. The SMILES string of the molecule is CC(C)=C=C=C(c1ccccc1)c1ccccc1. The molecule has 18 heavy (non-hydrogen) atoms. The molecule has 0 aliphatic heterocycles. The van der Waals surface area contributed by atoms with Crippen molar-refractivity contribution in [3.63, 3.8) is 0 Å². The van der Waals surface area contributed by atoms with Gasteiger partial charge >= 0.3 is 0 Å². The van der Waals surface area contributed by atoms with Crippen molar-refractivity contribution >= 4 is 5.57 Å². The Hall–Kier alpha value is -2.26. The monoisotopic (exact) mass is 232 g/mol. The Bertz CT molecular complexity index is 560. The highest BCUT2D eigenvalue weighted by Crippen LogP contribution is 2.21. The minimum atomic E-state index is 1.08. The highest BCUT2D eigenvalue weighted by molar-refractivity contribution is 5.79. The quantitative estimate of drug-likeness (QED) is 0.650. The average Bonchev–Trinajstić information content (AvgIpc) is 2.41. The normalized spacial score (nSPS) is 9.22. The van der Waals surface area contributed by atoms with Crippen molar-refractivity contribution in [2.75, 3.05) is 0 Å². The van der Waals surface area contributed by atoms with Crippen LogP contribution in [0.1, 0.15) is 25.0 Å². The first-order valence-corrected chi connectivity index (χ1v) is 6.07. The zero-order chi connectivity index (χ0) is 12.8. The average molecular weight is 232 g/mol. The fourth-order valence-electron chi connectivity index (χ4n) is 1.71. The maximum Gasteiger partial charge on any atom is 0.0393 e. The van der Waals surface area contributed by atoms with Gasteiger partial charge in [-0.3, -0.25) is 0 Å². The molecule has 2 rings (SSSR count). The molecule has 2 aromatic carbocycles. The van der Waals surface area contributed by atoms with Crippen LogP contribution in [0.5, 0.6) is 0 Å². The van der Waals surface area contributed by atoms with Crippen molar-refractivity contribution in [1.29, 1.82) is 0 Å². The van der Waals surface area contributed by atoms with Crippen LogP contribution in [0.3, 0.4) is 0 Å². The Morgan fingerprint density at radius 3 is 1.50 bits per heavy atom. The van der Waals surface area contributed by atoms with Crippen molar-refractivity contribution < 1.29 is 0 Å². The Morgan fingerprint density at radius 2 is 1.11 bits per heavy atom. The second kappa shape index (κ2) is 5.89. The summed E-state index contributed by atoms with van der Waals surface area (Å²) < 4.78 is 0. The molecule has 0 fully saturated rings. The number of hydrogen-bond acceptors (Lipinski definition) is 0. The van der Waals surface area contributed by atoms with Crippen molar-refractivity contribution in [2.45, 2.75) is 13.8 Å². The zero-order valence-corrected chi connectivity index (χ0v) is 10.8. The van der Waals surface area contributed by atoms with Crippen molar-refractivity contribution in [1.82, 2.24) is 0 Å². The lowest BCUT2D eigenvalue weighted by atomic mass is 9.99. The van der Waals surface area contributed by atoms with E-state index in [-0.39, 0.29) is 0 Å². The predicted octanol–water partition coefficient (Wildman–Crippen LogP) is 4.84. The van der Waals surface area contributed by atoms with Gasteiger partial charge < -0.3 is 0 Å². The molecule has 0 saturated heterocycles. The molecule has 2 aromatic rings. The van der Waals surface area contributed by atoms with Crippen LogP contribution in [0.15, 0.2) is 77.7 Å². The molecular weight excluding hydrogens is 216 g/mol. The molecule has 0 radical (unpaired) electrons. The van der Waals surface area contributed by atoms with Gasteiger partial charge in [0, 0.05) is 5.57 Å². The Balaban J connectivity index is 2.64. The maximum absolute atomic E-state index is 3.28. The molecule has 0 atom stereocenters. The summed E-state index contributed by atoms with van der Waals surface area (Å²) >= 11 is 0. The number of benzene rings is 2. The molecule has 0 spiro atoms. The molecule has 0 heterocycles. The van der Waals surface area contributed by atoms with Crippen LogP contribution in [-0.2, 0) is 0 Å². The molecule has 0 unspecified atom stereocenters. The molecule has 88 valence electrons. The number of allylic oxidation sites excluding steroid dienone is 1. The van der Waals surface area contributed by atoms with Crippen LogP contribution in [0.25, 0.3) is 5.57 Å². The van der Waals surface area contributed by atoms with Gasteiger partial charge in [0.05, 0.1) is 0 Å². The third kappa shape index (κ3) is 3.12. The second-order valence-electron chi connectivity index (χ2n) is 4.36. The number of rotatable bonds is 2. The van der Waals surface area contributed by atoms with Crippen LogP contribution in [0.2, 0.25) is 0 Å². The third-order valence-corrected chi connectivity index (χ3v) is 2.56. The summed E-state index contributed by atoms with van der Waals surface area (Å²) in [5.74, 6) is 0. The summed E-state index contributed by atoms with van der Waals surface area (Å²) in [6.07, 6.45) is 0. The van der Waals surface area contributed by atoms with Crippen molar-refractivity contribution in [3.05, 3.63) is 88.8 Å². The van der Waals surface area contributed by atoms with Gasteiger partial charge in [0.1, 0.15) is 0 Å². The van der Waals surface area contributed by atoms with Gasteiger partial charge in [-0.2, -0.15) is 0 Å². The molecule has 0 aromatic heterocycles. The lowest BCUT2D eigenvalue weighted by Gasteiger charge is -2.04. The summed E-state index contributed by atoms with van der Waals surface area (Å²) in [6.45, 7) is 4.06. The summed E-state index contributed by atoms with van der Waals surface area (Å²) in [5.41, 5.74) is 11.0. The fourth-order valence-corrected chi connectivity index (χ4v) is 1.71. The smallest absolute Gasteiger partial charge is 0.0393 e. The molecule has 0 N–H and O–H groups in total. The second-order valence-corrected chi connectivity index (χ2v) is 4.36. The highest BCUT2D eigenvalue weighted by atomic mass is 14.0. The van der Waals surface area contributed by atoms with Crippen LogP contribution in [-0.4, -0.2) is 0 Å². The Morgan fingerprint density at radius 1 is 0.667 bits per heavy atom.